The molecule has 1 unspecified atom stereocenters. The number of carbonyl (C=O) groups excluding carboxylic acids is 1. The number of aliphatic hydroxyl groups excluding tert-OH is 1. The van der Waals surface area contributed by atoms with Gasteiger partial charge in [-0.15, -0.1) is 0 Å². The largest absolute Gasteiger partial charge is 0.396 e. The van der Waals surface area contributed by atoms with Crippen molar-refractivity contribution in [2.24, 2.45) is 0 Å². The van der Waals surface area contributed by atoms with Crippen molar-refractivity contribution in [3.63, 3.8) is 0 Å². The Balaban J connectivity index is 1.64. The molecule has 5 nitrogen and oxygen atoms in total. The van der Waals surface area contributed by atoms with Crippen molar-refractivity contribution in [3.8, 4) is 0 Å². The van der Waals surface area contributed by atoms with Gasteiger partial charge in [0, 0.05) is 38.5 Å². The Morgan fingerprint density at radius 2 is 2.12 bits per heavy atom. The predicted molar refractivity (Wildman–Crippen MR) is 98.3 cm³/mol. The zero-order chi connectivity index (χ0) is 17.2. The molecular weight excluding hydrogens is 302 g/mol. The summed E-state index contributed by atoms with van der Waals surface area (Å²) in [4.78, 5) is 16.6. The van der Waals surface area contributed by atoms with Crippen LogP contribution in [0.4, 0.5) is 5.69 Å². The third-order valence-electron chi connectivity index (χ3n) is 4.75. The minimum absolute atomic E-state index is 0.0993. The van der Waals surface area contributed by atoms with Gasteiger partial charge in [0.15, 0.2) is 0 Å². The van der Waals surface area contributed by atoms with E-state index in [0.29, 0.717) is 19.1 Å². The van der Waals surface area contributed by atoms with Crippen molar-refractivity contribution in [2.75, 3.05) is 44.7 Å². The van der Waals surface area contributed by atoms with Crippen molar-refractivity contribution in [3.05, 3.63) is 30.3 Å². The maximum absolute atomic E-state index is 12.1. The van der Waals surface area contributed by atoms with E-state index in [2.05, 4.69) is 34.3 Å². The van der Waals surface area contributed by atoms with Gasteiger partial charge in [0.1, 0.15) is 0 Å². The first-order valence-electron chi connectivity index (χ1n) is 9.08. The number of carbonyl (C=O) groups is 1. The summed E-state index contributed by atoms with van der Waals surface area (Å²) in [5.74, 6) is 0.0993. The van der Waals surface area contributed by atoms with E-state index in [-0.39, 0.29) is 12.5 Å². The predicted octanol–water partition coefficient (Wildman–Crippen LogP) is 1.87. The summed E-state index contributed by atoms with van der Waals surface area (Å²) in [5, 5.41) is 12.2. The van der Waals surface area contributed by atoms with Gasteiger partial charge in [0.05, 0.1) is 6.54 Å². The van der Waals surface area contributed by atoms with E-state index in [4.69, 9.17) is 5.11 Å². The monoisotopic (exact) mass is 333 g/mol. The number of likely N-dealkylation sites (tertiary alicyclic amines) is 1. The first-order valence-corrected chi connectivity index (χ1v) is 9.08. The fraction of sp³-hybridized carbons (Fsp3) is 0.632. The van der Waals surface area contributed by atoms with Crippen LogP contribution in [0.15, 0.2) is 30.3 Å². The van der Waals surface area contributed by atoms with Gasteiger partial charge >= 0.3 is 0 Å². The number of nitrogens with zero attached hydrogens (tertiary/aromatic N) is 2. The lowest BCUT2D eigenvalue weighted by molar-refractivity contribution is -0.123. The number of aliphatic hydroxyl groups is 1. The van der Waals surface area contributed by atoms with E-state index in [0.717, 1.165) is 38.8 Å². The molecule has 1 heterocycles. The number of benzene rings is 1. The number of anilines is 1. The summed E-state index contributed by atoms with van der Waals surface area (Å²) in [6.45, 7) is 3.25. The molecule has 0 radical (unpaired) electrons. The minimum Gasteiger partial charge on any atom is -0.396 e. The Morgan fingerprint density at radius 1 is 1.33 bits per heavy atom. The molecule has 1 saturated heterocycles. The van der Waals surface area contributed by atoms with Gasteiger partial charge in [-0.1, -0.05) is 24.6 Å². The smallest absolute Gasteiger partial charge is 0.234 e. The van der Waals surface area contributed by atoms with Crippen LogP contribution in [0.2, 0.25) is 0 Å². The van der Waals surface area contributed by atoms with E-state index in [1.54, 1.807) is 0 Å². The highest BCUT2D eigenvalue weighted by Crippen LogP contribution is 2.18. The van der Waals surface area contributed by atoms with Crippen LogP contribution in [0.25, 0.3) is 0 Å². The van der Waals surface area contributed by atoms with E-state index in [1.807, 2.05) is 18.2 Å². The third-order valence-corrected chi connectivity index (χ3v) is 4.75. The average Bonchev–Trinajstić information content (AvgIpc) is 2.61. The van der Waals surface area contributed by atoms with Crippen LogP contribution in [0.1, 0.15) is 32.1 Å². The molecule has 134 valence electrons. The summed E-state index contributed by atoms with van der Waals surface area (Å²) in [6.07, 6.45) is 5.15. The lowest BCUT2D eigenvalue weighted by Gasteiger charge is -2.34. The second-order valence-electron chi connectivity index (χ2n) is 6.59. The average molecular weight is 333 g/mol. The lowest BCUT2D eigenvalue weighted by Crippen LogP contribution is -2.46. The van der Waals surface area contributed by atoms with Crippen LogP contribution >= 0.6 is 0 Å². The molecule has 1 aliphatic rings. The molecule has 1 atom stereocenters. The number of nitrogens with one attached hydrogen (secondary N) is 1. The summed E-state index contributed by atoms with van der Waals surface area (Å²) in [7, 11) is 2.07. The van der Waals surface area contributed by atoms with Crippen molar-refractivity contribution < 1.29 is 9.90 Å². The van der Waals surface area contributed by atoms with E-state index in [9.17, 15) is 4.79 Å². The van der Waals surface area contributed by atoms with Gasteiger partial charge < -0.3 is 15.3 Å². The fourth-order valence-corrected chi connectivity index (χ4v) is 3.34. The van der Waals surface area contributed by atoms with Crippen molar-refractivity contribution in [2.45, 2.75) is 38.1 Å². The van der Waals surface area contributed by atoms with Gasteiger partial charge in [-0.3, -0.25) is 9.69 Å². The highest BCUT2D eigenvalue weighted by atomic mass is 16.3. The molecule has 5 heteroatoms. The standard InChI is InChI=1S/C19H31N3O2/c1-21(17-8-3-2-4-9-17)13-7-12-20-19(24)16-22-14-6-5-10-18(22)11-15-23/h2-4,8-9,18,23H,5-7,10-16H2,1H3,(H,20,24). The minimum atomic E-state index is 0.0993. The molecule has 2 rings (SSSR count). The van der Waals surface area contributed by atoms with Crippen LogP contribution in [-0.4, -0.2) is 61.8 Å². The normalized spacial score (nSPS) is 18.3. The van der Waals surface area contributed by atoms with E-state index >= 15 is 0 Å². The maximum atomic E-state index is 12.1. The molecule has 1 aliphatic heterocycles. The third kappa shape index (κ3) is 6.13. The molecule has 0 aromatic heterocycles. The Kier molecular flexibility index (Phi) is 8.05. The zero-order valence-corrected chi connectivity index (χ0v) is 14.8. The molecule has 0 spiro atoms. The SMILES string of the molecule is CN(CCCNC(=O)CN1CCCCC1CCO)c1ccccc1. The molecule has 24 heavy (non-hydrogen) atoms. The molecule has 1 amide bonds. The summed E-state index contributed by atoms with van der Waals surface area (Å²) < 4.78 is 0. The van der Waals surface area contributed by atoms with Crippen LogP contribution in [-0.2, 0) is 4.79 Å². The quantitative estimate of drug-likeness (QED) is 0.678. The van der Waals surface area contributed by atoms with Crippen molar-refractivity contribution in [1.82, 2.24) is 10.2 Å². The summed E-state index contributed by atoms with van der Waals surface area (Å²) in [6, 6.07) is 10.6. The summed E-state index contributed by atoms with van der Waals surface area (Å²) >= 11 is 0. The molecule has 1 fully saturated rings. The first-order chi connectivity index (χ1) is 11.7. The lowest BCUT2D eigenvalue weighted by atomic mass is 10.00. The van der Waals surface area contributed by atoms with Crippen molar-refractivity contribution >= 4 is 11.6 Å². The summed E-state index contributed by atoms with van der Waals surface area (Å²) in [5.41, 5.74) is 1.20. The number of para-hydroxylation sites is 1. The number of rotatable bonds is 9. The van der Waals surface area contributed by atoms with Crippen LogP contribution in [0, 0.1) is 0 Å². The molecule has 1 aromatic rings. The highest BCUT2D eigenvalue weighted by Gasteiger charge is 2.23. The molecule has 0 saturated carbocycles. The second-order valence-corrected chi connectivity index (χ2v) is 6.59. The Hall–Kier alpha value is -1.59. The second kappa shape index (κ2) is 10.3. The van der Waals surface area contributed by atoms with E-state index < -0.39 is 0 Å². The molecule has 1 aromatic carbocycles. The zero-order valence-electron chi connectivity index (χ0n) is 14.8. The number of hydrogen-bond acceptors (Lipinski definition) is 4. The van der Waals surface area contributed by atoms with Crippen LogP contribution in [0.3, 0.4) is 0 Å². The number of piperidine rings is 1. The molecule has 2 N–H and O–H groups in total. The number of amides is 1. The van der Waals surface area contributed by atoms with Gasteiger partial charge in [-0.05, 0) is 44.4 Å². The molecular formula is C19H31N3O2. The van der Waals surface area contributed by atoms with E-state index in [1.165, 1.54) is 12.1 Å². The number of hydrogen-bond donors (Lipinski definition) is 2. The Labute approximate surface area is 145 Å². The fourth-order valence-electron chi connectivity index (χ4n) is 3.34. The van der Waals surface area contributed by atoms with Gasteiger partial charge in [-0.25, -0.2) is 0 Å². The topological polar surface area (TPSA) is 55.8 Å². The Morgan fingerprint density at radius 3 is 2.88 bits per heavy atom. The van der Waals surface area contributed by atoms with Crippen molar-refractivity contribution in [1.29, 1.82) is 0 Å². The van der Waals surface area contributed by atoms with Gasteiger partial charge in [0.25, 0.3) is 0 Å². The van der Waals surface area contributed by atoms with Gasteiger partial charge in [0.2, 0.25) is 5.91 Å². The highest BCUT2D eigenvalue weighted by molar-refractivity contribution is 5.78. The molecule has 0 bridgehead atoms. The molecule has 0 aliphatic carbocycles. The Bertz CT molecular complexity index is 479. The maximum Gasteiger partial charge on any atom is 0.234 e. The van der Waals surface area contributed by atoms with Crippen LogP contribution < -0.4 is 10.2 Å². The van der Waals surface area contributed by atoms with Gasteiger partial charge in [-0.2, -0.15) is 0 Å². The van der Waals surface area contributed by atoms with Crippen LogP contribution in [0.5, 0.6) is 0 Å². The first kappa shape index (κ1) is 18.7.